The third-order valence-corrected chi connectivity index (χ3v) is 5.79. The first-order valence-electron chi connectivity index (χ1n) is 9.39. The van der Waals surface area contributed by atoms with Crippen molar-refractivity contribution in [1.29, 1.82) is 0 Å². The molecule has 1 N–H and O–H groups in total. The van der Waals surface area contributed by atoms with E-state index in [0.29, 0.717) is 6.42 Å². The van der Waals surface area contributed by atoms with Crippen LogP contribution in [0.1, 0.15) is 24.5 Å². The highest BCUT2D eigenvalue weighted by atomic mass is 32.2. The molecule has 1 amide bonds. The van der Waals surface area contributed by atoms with Gasteiger partial charge in [-0.05, 0) is 36.1 Å². The first kappa shape index (κ1) is 17.9. The Morgan fingerprint density at radius 2 is 2.00 bits per heavy atom. The Hall–Kier alpha value is -2.53. The zero-order chi connectivity index (χ0) is 18.6. The molecule has 3 aromatic rings. The molecule has 5 heteroatoms. The zero-order valence-electron chi connectivity index (χ0n) is 15.4. The molecule has 2 heterocycles. The lowest BCUT2D eigenvalue weighted by Crippen LogP contribution is -2.12. The number of benzene rings is 2. The summed E-state index contributed by atoms with van der Waals surface area (Å²) >= 11 is 1.79. The zero-order valence-corrected chi connectivity index (χ0v) is 16.3. The summed E-state index contributed by atoms with van der Waals surface area (Å²) in [7, 11) is 0. The maximum Gasteiger partial charge on any atom is 0.224 e. The van der Waals surface area contributed by atoms with E-state index in [4.69, 9.17) is 0 Å². The molecule has 0 radical (unpaired) electrons. The lowest BCUT2D eigenvalue weighted by molar-refractivity contribution is -0.116. The third kappa shape index (κ3) is 4.25. The molecule has 27 heavy (non-hydrogen) atoms. The topological polar surface area (TPSA) is 46.9 Å². The van der Waals surface area contributed by atoms with Gasteiger partial charge in [0.25, 0.3) is 0 Å². The smallest absolute Gasteiger partial charge is 0.224 e. The van der Waals surface area contributed by atoms with Crippen molar-refractivity contribution >= 4 is 23.4 Å². The molecule has 0 atom stereocenters. The van der Waals surface area contributed by atoms with E-state index in [0.717, 1.165) is 47.2 Å². The van der Waals surface area contributed by atoms with Crippen LogP contribution in [0.2, 0.25) is 0 Å². The summed E-state index contributed by atoms with van der Waals surface area (Å²) in [6, 6.07) is 16.4. The molecule has 4 rings (SSSR count). The number of aromatic nitrogens is 2. The minimum absolute atomic E-state index is 0.0367. The molecule has 0 saturated heterocycles. The van der Waals surface area contributed by atoms with Gasteiger partial charge in [-0.15, -0.1) is 0 Å². The second kappa shape index (κ2) is 8.01. The van der Waals surface area contributed by atoms with Gasteiger partial charge in [0.1, 0.15) is 0 Å². The number of thioether (sulfide) groups is 1. The van der Waals surface area contributed by atoms with Crippen LogP contribution in [0.15, 0.2) is 59.9 Å². The van der Waals surface area contributed by atoms with Gasteiger partial charge in [0.2, 0.25) is 5.91 Å². The van der Waals surface area contributed by atoms with E-state index in [1.54, 1.807) is 11.8 Å². The number of fused-ring (bicyclic) bond motifs is 1. The molecular formula is C22H23N3OS. The van der Waals surface area contributed by atoms with Gasteiger partial charge in [-0.2, -0.15) is 0 Å². The predicted octanol–water partition coefficient (Wildman–Crippen LogP) is 4.79. The van der Waals surface area contributed by atoms with Gasteiger partial charge in [-0.3, -0.25) is 4.79 Å². The minimum atomic E-state index is 0.0367. The second-order valence-corrected chi connectivity index (χ2v) is 7.81. The number of nitrogens with one attached hydrogen (secondary N) is 1. The van der Waals surface area contributed by atoms with Gasteiger partial charge in [0.15, 0.2) is 5.16 Å². The molecule has 0 unspecified atom stereocenters. The van der Waals surface area contributed by atoms with Crippen LogP contribution in [0.3, 0.4) is 0 Å². The maximum atomic E-state index is 12.3. The fraction of sp³-hybridized carbons (Fsp3) is 0.273. The van der Waals surface area contributed by atoms with Crippen LogP contribution in [0.5, 0.6) is 0 Å². The number of carbonyl (C=O) groups is 1. The average molecular weight is 378 g/mol. The van der Waals surface area contributed by atoms with Gasteiger partial charge in [0.05, 0.1) is 5.69 Å². The van der Waals surface area contributed by atoms with Gasteiger partial charge in [0, 0.05) is 36.2 Å². The number of hydrogen-bond donors (Lipinski definition) is 1. The molecule has 0 bridgehead atoms. The number of aryl methyl sites for hydroxylation is 3. The third-order valence-electron chi connectivity index (χ3n) is 4.82. The van der Waals surface area contributed by atoms with Crippen molar-refractivity contribution in [3.05, 3.63) is 65.9 Å². The molecule has 1 aromatic heterocycles. The van der Waals surface area contributed by atoms with E-state index >= 15 is 0 Å². The van der Waals surface area contributed by atoms with Crippen LogP contribution in [-0.4, -0.2) is 21.2 Å². The highest BCUT2D eigenvalue weighted by molar-refractivity contribution is 7.99. The summed E-state index contributed by atoms with van der Waals surface area (Å²) in [5.74, 6) is 1.13. The van der Waals surface area contributed by atoms with E-state index in [1.807, 2.05) is 24.3 Å². The fourth-order valence-corrected chi connectivity index (χ4v) is 4.17. The Morgan fingerprint density at radius 3 is 2.78 bits per heavy atom. The van der Waals surface area contributed by atoms with Crippen molar-refractivity contribution in [3.63, 3.8) is 0 Å². The Bertz CT molecular complexity index is 925. The van der Waals surface area contributed by atoms with Gasteiger partial charge in [-0.1, -0.05) is 55.1 Å². The monoisotopic (exact) mass is 377 g/mol. The summed E-state index contributed by atoms with van der Waals surface area (Å²) in [4.78, 5) is 17.0. The highest BCUT2D eigenvalue weighted by Crippen LogP contribution is 2.29. The first-order chi connectivity index (χ1) is 13.2. The summed E-state index contributed by atoms with van der Waals surface area (Å²) in [5, 5.41) is 4.09. The molecule has 0 saturated carbocycles. The van der Waals surface area contributed by atoms with Crippen LogP contribution < -0.4 is 5.32 Å². The standard InChI is InChI=1S/C22H23N3OS/c1-2-16-6-8-17(9-7-16)10-11-21(26)23-19-5-3-4-18(14-19)20-15-25-12-13-27-22(25)24-20/h3-9,14-15H,2,10-13H2,1H3,(H,23,26). The predicted molar refractivity (Wildman–Crippen MR) is 111 cm³/mol. The van der Waals surface area contributed by atoms with Crippen molar-refractivity contribution < 1.29 is 4.79 Å². The quantitative estimate of drug-likeness (QED) is 0.672. The van der Waals surface area contributed by atoms with E-state index in [2.05, 4.69) is 52.3 Å². The maximum absolute atomic E-state index is 12.3. The SMILES string of the molecule is CCc1ccc(CCC(=O)Nc2cccc(-c3cn4c(n3)SCC4)c2)cc1. The van der Waals surface area contributed by atoms with Gasteiger partial charge < -0.3 is 9.88 Å². The normalized spacial score (nSPS) is 12.8. The second-order valence-electron chi connectivity index (χ2n) is 6.75. The molecule has 1 aliphatic rings. The Kier molecular flexibility index (Phi) is 5.30. The van der Waals surface area contributed by atoms with E-state index in [1.165, 1.54) is 11.1 Å². The van der Waals surface area contributed by atoms with E-state index in [-0.39, 0.29) is 5.91 Å². The Labute approximate surface area is 164 Å². The minimum Gasteiger partial charge on any atom is -0.326 e. The number of carbonyl (C=O) groups excluding carboxylic acids is 1. The summed E-state index contributed by atoms with van der Waals surface area (Å²) in [6.07, 6.45) is 4.36. The van der Waals surface area contributed by atoms with E-state index in [9.17, 15) is 4.79 Å². The van der Waals surface area contributed by atoms with Crippen LogP contribution in [0.4, 0.5) is 5.69 Å². The molecule has 2 aromatic carbocycles. The molecule has 4 nitrogen and oxygen atoms in total. The molecule has 138 valence electrons. The van der Waals surface area contributed by atoms with Crippen molar-refractivity contribution in [1.82, 2.24) is 9.55 Å². The van der Waals surface area contributed by atoms with Crippen molar-refractivity contribution in [2.24, 2.45) is 0 Å². The summed E-state index contributed by atoms with van der Waals surface area (Å²) < 4.78 is 2.19. The Morgan fingerprint density at radius 1 is 1.19 bits per heavy atom. The van der Waals surface area contributed by atoms with Gasteiger partial charge >= 0.3 is 0 Å². The van der Waals surface area contributed by atoms with Crippen LogP contribution in [0, 0.1) is 0 Å². The first-order valence-corrected chi connectivity index (χ1v) is 10.4. The molecular weight excluding hydrogens is 354 g/mol. The number of amides is 1. The van der Waals surface area contributed by atoms with Crippen molar-refractivity contribution in [3.8, 4) is 11.3 Å². The molecule has 0 fully saturated rings. The lowest BCUT2D eigenvalue weighted by Gasteiger charge is -2.07. The molecule has 1 aliphatic heterocycles. The number of nitrogens with zero attached hydrogens (tertiary/aromatic N) is 2. The molecule has 0 spiro atoms. The van der Waals surface area contributed by atoms with Crippen LogP contribution >= 0.6 is 11.8 Å². The van der Waals surface area contributed by atoms with Crippen LogP contribution in [0.25, 0.3) is 11.3 Å². The Balaban J connectivity index is 1.37. The number of rotatable bonds is 6. The average Bonchev–Trinajstić information content (AvgIpc) is 3.29. The number of anilines is 1. The van der Waals surface area contributed by atoms with Crippen molar-refractivity contribution in [2.75, 3.05) is 11.1 Å². The lowest BCUT2D eigenvalue weighted by atomic mass is 10.1. The summed E-state index contributed by atoms with van der Waals surface area (Å²) in [5.41, 5.74) is 5.33. The largest absolute Gasteiger partial charge is 0.326 e. The van der Waals surface area contributed by atoms with Gasteiger partial charge in [-0.25, -0.2) is 4.98 Å². The molecule has 0 aliphatic carbocycles. The van der Waals surface area contributed by atoms with Crippen LogP contribution in [-0.2, 0) is 24.2 Å². The fourth-order valence-electron chi connectivity index (χ4n) is 3.23. The van der Waals surface area contributed by atoms with Crippen molar-refractivity contribution in [2.45, 2.75) is 37.9 Å². The highest BCUT2D eigenvalue weighted by Gasteiger charge is 2.15. The summed E-state index contributed by atoms with van der Waals surface area (Å²) in [6.45, 7) is 3.16. The number of imidazole rings is 1. The number of hydrogen-bond acceptors (Lipinski definition) is 3. The van der Waals surface area contributed by atoms with E-state index < -0.39 is 0 Å².